The van der Waals surface area contributed by atoms with E-state index < -0.39 is 5.97 Å². The van der Waals surface area contributed by atoms with Crippen molar-refractivity contribution < 1.29 is 9.90 Å². The number of aliphatic carboxylic acids is 1. The van der Waals surface area contributed by atoms with E-state index in [4.69, 9.17) is 5.11 Å². The fraction of sp³-hybridized carbons (Fsp3) is 0.923. The SMILES string of the molecule is CN1CCN(C(CC(=O)O)CC(C)(C)C)CC1. The quantitative estimate of drug-likeness (QED) is 0.811. The fourth-order valence-corrected chi connectivity index (χ4v) is 2.43. The number of likely N-dealkylation sites (N-methyl/N-ethyl adjacent to an activating group) is 1. The van der Waals surface area contributed by atoms with Crippen molar-refractivity contribution in [1.82, 2.24) is 9.80 Å². The van der Waals surface area contributed by atoms with Crippen LogP contribution in [0.1, 0.15) is 33.6 Å². The summed E-state index contributed by atoms with van der Waals surface area (Å²) in [6, 6.07) is 0.182. The van der Waals surface area contributed by atoms with Gasteiger partial charge in [-0.3, -0.25) is 9.69 Å². The summed E-state index contributed by atoms with van der Waals surface area (Å²) in [5.41, 5.74) is 0.184. The zero-order valence-electron chi connectivity index (χ0n) is 11.6. The van der Waals surface area contributed by atoms with Crippen molar-refractivity contribution in [3.63, 3.8) is 0 Å². The van der Waals surface area contributed by atoms with Gasteiger partial charge in [0.1, 0.15) is 0 Å². The Morgan fingerprint density at radius 2 is 1.76 bits per heavy atom. The molecule has 0 bridgehead atoms. The highest BCUT2D eigenvalue weighted by Gasteiger charge is 2.28. The van der Waals surface area contributed by atoms with Gasteiger partial charge in [0, 0.05) is 32.2 Å². The Balaban J connectivity index is 2.59. The normalized spacial score (nSPS) is 21.4. The van der Waals surface area contributed by atoms with Gasteiger partial charge in [-0.25, -0.2) is 0 Å². The largest absolute Gasteiger partial charge is 0.481 e. The van der Waals surface area contributed by atoms with Crippen molar-refractivity contribution in [2.45, 2.75) is 39.7 Å². The van der Waals surface area contributed by atoms with Crippen LogP contribution in [0.4, 0.5) is 0 Å². The lowest BCUT2D eigenvalue weighted by molar-refractivity contribution is -0.138. The Hall–Kier alpha value is -0.610. The highest BCUT2D eigenvalue weighted by atomic mass is 16.4. The van der Waals surface area contributed by atoms with E-state index in [2.05, 4.69) is 37.6 Å². The molecule has 1 aliphatic rings. The molecule has 1 aliphatic heterocycles. The monoisotopic (exact) mass is 242 g/mol. The molecule has 1 unspecified atom stereocenters. The molecule has 100 valence electrons. The Bertz CT molecular complexity index is 253. The average Bonchev–Trinajstić information content (AvgIpc) is 2.14. The van der Waals surface area contributed by atoms with E-state index in [1.807, 2.05) is 0 Å². The average molecular weight is 242 g/mol. The van der Waals surface area contributed by atoms with Gasteiger partial charge in [0.15, 0.2) is 0 Å². The van der Waals surface area contributed by atoms with Gasteiger partial charge >= 0.3 is 5.97 Å². The predicted molar refractivity (Wildman–Crippen MR) is 69.2 cm³/mol. The van der Waals surface area contributed by atoms with Gasteiger partial charge in [-0.1, -0.05) is 20.8 Å². The molecule has 1 saturated heterocycles. The molecule has 0 amide bonds. The first-order valence-electron chi connectivity index (χ1n) is 6.42. The maximum atomic E-state index is 11.0. The number of hydrogen-bond acceptors (Lipinski definition) is 3. The minimum atomic E-state index is -0.682. The Morgan fingerprint density at radius 3 is 2.18 bits per heavy atom. The topological polar surface area (TPSA) is 43.8 Å². The van der Waals surface area contributed by atoms with Crippen molar-refractivity contribution in [3.8, 4) is 0 Å². The van der Waals surface area contributed by atoms with Crippen LogP contribution in [0.25, 0.3) is 0 Å². The molecule has 1 heterocycles. The molecule has 17 heavy (non-hydrogen) atoms. The number of carbonyl (C=O) groups is 1. The molecule has 0 radical (unpaired) electrons. The highest BCUT2D eigenvalue weighted by molar-refractivity contribution is 5.67. The Labute approximate surface area is 105 Å². The first-order valence-corrected chi connectivity index (χ1v) is 6.42. The summed E-state index contributed by atoms with van der Waals surface area (Å²) in [6.45, 7) is 10.6. The molecular formula is C13H26N2O2. The number of carboxylic acids is 1. The molecule has 0 aromatic heterocycles. The van der Waals surface area contributed by atoms with E-state index in [1.165, 1.54) is 0 Å². The molecule has 0 saturated carbocycles. The van der Waals surface area contributed by atoms with Crippen molar-refractivity contribution in [2.24, 2.45) is 5.41 Å². The van der Waals surface area contributed by atoms with Gasteiger partial charge in [0.25, 0.3) is 0 Å². The van der Waals surface area contributed by atoms with Crippen LogP contribution in [0.3, 0.4) is 0 Å². The minimum Gasteiger partial charge on any atom is -0.481 e. The standard InChI is InChI=1S/C13H26N2O2/c1-13(2,3)10-11(9-12(16)17)15-7-5-14(4)6-8-15/h11H,5-10H2,1-4H3,(H,16,17). The maximum Gasteiger partial charge on any atom is 0.304 e. The van der Waals surface area contributed by atoms with Gasteiger partial charge in [-0.05, 0) is 18.9 Å². The summed E-state index contributed by atoms with van der Waals surface area (Å²) in [7, 11) is 2.12. The second kappa shape index (κ2) is 5.83. The van der Waals surface area contributed by atoms with E-state index in [9.17, 15) is 4.79 Å². The molecule has 1 fully saturated rings. The van der Waals surface area contributed by atoms with E-state index in [-0.39, 0.29) is 17.9 Å². The van der Waals surface area contributed by atoms with Crippen molar-refractivity contribution in [3.05, 3.63) is 0 Å². The minimum absolute atomic E-state index is 0.182. The fourth-order valence-electron chi connectivity index (χ4n) is 2.43. The number of piperazine rings is 1. The van der Waals surface area contributed by atoms with Crippen LogP contribution in [0.15, 0.2) is 0 Å². The van der Waals surface area contributed by atoms with E-state index >= 15 is 0 Å². The molecule has 4 heteroatoms. The lowest BCUT2D eigenvalue weighted by atomic mass is 9.86. The molecule has 1 atom stereocenters. The number of rotatable bonds is 4. The van der Waals surface area contributed by atoms with Crippen LogP contribution in [-0.4, -0.2) is 60.1 Å². The van der Waals surface area contributed by atoms with Gasteiger partial charge in [-0.15, -0.1) is 0 Å². The summed E-state index contributed by atoms with van der Waals surface area (Å²) in [6.07, 6.45) is 1.21. The molecule has 0 aliphatic carbocycles. The molecule has 0 aromatic carbocycles. The first-order chi connectivity index (χ1) is 7.78. The van der Waals surface area contributed by atoms with E-state index in [0.29, 0.717) is 0 Å². The zero-order chi connectivity index (χ0) is 13.1. The number of carboxylic acid groups (broad SMARTS) is 1. The number of hydrogen-bond donors (Lipinski definition) is 1. The van der Waals surface area contributed by atoms with E-state index in [1.54, 1.807) is 0 Å². The second-order valence-electron chi connectivity index (χ2n) is 6.36. The summed E-state index contributed by atoms with van der Waals surface area (Å²) in [5.74, 6) is -0.682. The van der Waals surface area contributed by atoms with E-state index in [0.717, 1.165) is 32.6 Å². The molecule has 0 aromatic rings. The third-order valence-electron chi connectivity index (χ3n) is 3.31. The van der Waals surface area contributed by atoms with Crippen molar-refractivity contribution >= 4 is 5.97 Å². The zero-order valence-corrected chi connectivity index (χ0v) is 11.6. The third-order valence-corrected chi connectivity index (χ3v) is 3.31. The summed E-state index contributed by atoms with van der Waals surface area (Å²) in [5, 5.41) is 9.03. The van der Waals surface area contributed by atoms with Crippen molar-refractivity contribution in [2.75, 3.05) is 33.2 Å². The first kappa shape index (κ1) is 14.5. The van der Waals surface area contributed by atoms with Crippen LogP contribution in [0, 0.1) is 5.41 Å². The third kappa shape index (κ3) is 5.50. The molecular weight excluding hydrogens is 216 g/mol. The molecule has 1 rings (SSSR count). The number of nitrogens with zero attached hydrogens (tertiary/aromatic N) is 2. The maximum absolute atomic E-state index is 11.0. The second-order valence-corrected chi connectivity index (χ2v) is 6.36. The summed E-state index contributed by atoms with van der Waals surface area (Å²) < 4.78 is 0. The smallest absolute Gasteiger partial charge is 0.304 e. The van der Waals surface area contributed by atoms with Crippen LogP contribution < -0.4 is 0 Å². The van der Waals surface area contributed by atoms with Gasteiger partial charge in [0.2, 0.25) is 0 Å². The van der Waals surface area contributed by atoms with Crippen LogP contribution in [-0.2, 0) is 4.79 Å². The summed E-state index contributed by atoms with van der Waals surface area (Å²) in [4.78, 5) is 15.6. The molecule has 4 nitrogen and oxygen atoms in total. The summed E-state index contributed by atoms with van der Waals surface area (Å²) >= 11 is 0. The van der Waals surface area contributed by atoms with Crippen molar-refractivity contribution in [1.29, 1.82) is 0 Å². The highest BCUT2D eigenvalue weighted by Crippen LogP contribution is 2.26. The lowest BCUT2D eigenvalue weighted by Gasteiger charge is -2.39. The van der Waals surface area contributed by atoms with Crippen LogP contribution in [0.5, 0.6) is 0 Å². The van der Waals surface area contributed by atoms with Gasteiger partial charge in [0.05, 0.1) is 6.42 Å². The van der Waals surface area contributed by atoms with Gasteiger partial charge in [-0.2, -0.15) is 0 Å². The Morgan fingerprint density at radius 1 is 1.24 bits per heavy atom. The molecule has 0 spiro atoms. The van der Waals surface area contributed by atoms with Crippen LogP contribution in [0.2, 0.25) is 0 Å². The van der Waals surface area contributed by atoms with Crippen LogP contribution >= 0.6 is 0 Å². The lowest BCUT2D eigenvalue weighted by Crippen LogP contribution is -2.50. The Kier molecular flexibility index (Phi) is 4.95. The predicted octanol–water partition coefficient (Wildman–Crippen LogP) is 1.51. The molecule has 1 N–H and O–H groups in total. The van der Waals surface area contributed by atoms with Gasteiger partial charge < -0.3 is 10.0 Å².